The number of piperidine rings is 1. The van der Waals surface area contributed by atoms with E-state index in [-0.39, 0.29) is 18.1 Å². The average molecular weight is 356 g/mol. The molecule has 2 aromatic heterocycles. The highest BCUT2D eigenvalue weighted by molar-refractivity contribution is 5.92. The molecule has 0 spiro atoms. The quantitative estimate of drug-likeness (QED) is 0.831. The Hall–Kier alpha value is -2.25. The number of fused-ring (bicyclic) bond motifs is 1. The zero-order valence-electron chi connectivity index (χ0n) is 15.2. The van der Waals surface area contributed by atoms with E-state index in [2.05, 4.69) is 14.9 Å². The summed E-state index contributed by atoms with van der Waals surface area (Å²) in [5.41, 5.74) is 1.22. The number of amides is 1. The number of rotatable bonds is 4. The summed E-state index contributed by atoms with van der Waals surface area (Å²) in [4.78, 5) is 25.8. The molecule has 138 valence electrons. The van der Waals surface area contributed by atoms with Crippen molar-refractivity contribution >= 4 is 5.91 Å². The van der Waals surface area contributed by atoms with Crippen LogP contribution in [0.25, 0.3) is 0 Å². The topological polar surface area (TPSA) is 71.7 Å². The summed E-state index contributed by atoms with van der Waals surface area (Å²) >= 11 is 0. The van der Waals surface area contributed by atoms with Crippen LogP contribution in [0.1, 0.15) is 28.4 Å². The molecule has 7 nitrogen and oxygen atoms in total. The molecule has 7 heteroatoms. The third-order valence-corrected chi connectivity index (χ3v) is 5.46. The minimum Gasteiger partial charge on any atom is -0.468 e. The maximum atomic E-state index is 13.0. The van der Waals surface area contributed by atoms with Crippen LogP contribution in [0, 0.1) is 12.8 Å². The van der Waals surface area contributed by atoms with Crippen molar-refractivity contribution in [1.29, 1.82) is 0 Å². The SMILES string of the molecule is CO[C@@H]1CCN(C(=O)c2cnc(C)cn2)[C@@H]2CN(Cc3ccco3)C[C@@H]21. The van der Waals surface area contributed by atoms with E-state index in [0.717, 1.165) is 37.5 Å². The number of likely N-dealkylation sites (tertiary alicyclic amines) is 2. The smallest absolute Gasteiger partial charge is 0.274 e. The van der Waals surface area contributed by atoms with Gasteiger partial charge in [-0.1, -0.05) is 0 Å². The molecule has 0 N–H and O–H groups in total. The van der Waals surface area contributed by atoms with Gasteiger partial charge in [0, 0.05) is 38.9 Å². The third kappa shape index (κ3) is 3.24. The molecule has 3 atom stereocenters. The van der Waals surface area contributed by atoms with Gasteiger partial charge >= 0.3 is 0 Å². The van der Waals surface area contributed by atoms with Crippen LogP contribution in [0.3, 0.4) is 0 Å². The number of aromatic nitrogens is 2. The number of furan rings is 1. The lowest BCUT2D eigenvalue weighted by atomic mass is 9.89. The predicted octanol–water partition coefficient (Wildman–Crippen LogP) is 1.74. The van der Waals surface area contributed by atoms with E-state index in [9.17, 15) is 4.79 Å². The number of methoxy groups -OCH3 is 1. The summed E-state index contributed by atoms with van der Waals surface area (Å²) in [5.74, 6) is 1.20. The van der Waals surface area contributed by atoms with E-state index >= 15 is 0 Å². The maximum Gasteiger partial charge on any atom is 0.274 e. The van der Waals surface area contributed by atoms with Crippen molar-refractivity contribution in [2.75, 3.05) is 26.7 Å². The molecule has 0 aromatic carbocycles. The molecule has 2 aliphatic heterocycles. The summed E-state index contributed by atoms with van der Waals surface area (Å²) < 4.78 is 11.2. The molecular formula is C19H24N4O3. The highest BCUT2D eigenvalue weighted by Gasteiger charge is 2.46. The Balaban J connectivity index is 1.53. The Kier molecular flexibility index (Phi) is 4.74. The maximum absolute atomic E-state index is 13.0. The second-order valence-corrected chi connectivity index (χ2v) is 7.11. The zero-order chi connectivity index (χ0) is 18.1. The molecular weight excluding hydrogens is 332 g/mol. The Morgan fingerprint density at radius 1 is 1.35 bits per heavy atom. The number of hydrogen-bond acceptors (Lipinski definition) is 6. The van der Waals surface area contributed by atoms with Crippen LogP contribution in [0.4, 0.5) is 0 Å². The molecule has 0 radical (unpaired) electrons. The Morgan fingerprint density at radius 2 is 2.23 bits per heavy atom. The molecule has 4 heterocycles. The standard InChI is InChI=1S/C19H24N4O3/c1-13-8-21-16(9-20-13)19(24)23-6-5-18(25-2)15-11-22(12-17(15)23)10-14-4-3-7-26-14/h3-4,7-9,15,17-18H,5-6,10-12H2,1-2H3/t15-,17+,18+/m0/s1. The summed E-state index contributed by atoms with van der Waals surface area (Å²) in [6.07, 6.45) is 5.93. The van der Waals surface area contributed by atoms with Crippen LogP contribution in [-0.2, 0) is 11.3 Å². The molecule has 2 aliphatic rings. The fourth-order valence-electron chi connectivity index (χ4n) is 4.18. The molecule has 26 heavy (non-hydrogen) atoms. The Morgan fingerprint density at radius 3 is 2.92 bits per heavy atom. The van der Waals surface area contributed by atoms with Gasteiger partial charge in [0.15, 0.2) is 0 Å². The van der Waals surface area contributed by atoms with Gasteiger partial charge in [-0.2, -0.15) is 0 Å². The first kappa shape index (κ1) is 17.2. The number of nitrogens with zero attached hydrogens (tertiary/aromatic N) is 4. The summed E-state index contributed by atoms with van der Waals surface area (Å²) in [7, 11) is 1.76. The van der Waals surface area contributed by atoms with Gasteiger partial charge in [0.05, 0.1) is 36.8 Å². The Labute approximate surface area is 153 Å². The molecule has 2 saturated heterocycles. The molecule has 2 aromatic rings. The van der Waals surface area contributed by atoms with Gasteiger partial charge in [-0.25, -0.2) is 4.98 Å². The lowest BCUT2D eigenvalue weighted by molar-refractivity contribution is -0.0159. The van der Waals surface area contributed by atoms with Gasteiger partial charge in [-0.3, -0.25) is 14.7 Å². The van der Waals surface area contributed by atoms with E-state index in [1.807, 2.05) is 24.0 Å². The van der Waals surface area contributed by atoms with Crippen molar-refractivity contribution in [1.82, 2.24) is 19.8 Å². The molecule has 0 unspecified atom stereocenters. The molecule has 0 aliphatic carbocycles. The molecule has 0 saturated carbocycles. The van der Waals surface area contributed by atoms with E-state index in [1.165, 1.54) is 0 Å². The Bertz CT molecular complexity index is 747. The first-order valence-corrected chi connectivity index (χ1v) is 9.03. The van der Waals surface area contributed by atoms with E-state index in [0.29, 0.717) is 18.2 Å². The number of aryl methyl sites for hydroxylation is 1. The molecule has 1 amide bonds. The summed E-state index contributed by atoms with van der Waals surface area (Å²) in [6.45, 7) is 5.01. The lowest BCUT2D eigenvalue weighted by Crippen LogP contribution is -2.53. The van der Waals surface area contributed by atoms with E-state index < -0.39 is 0 Å². The first-order chi connectivity index (χ1) is 12.7. The number of hydrogen-bond donors (Lipinski definition) is 0. The fourth-order valence-corrected chi connectivity index (χ4v) is 4.18. The van der Waals surface area contributed by atoms with Crippen molar-refractivity contribution in [3.63, 3.8) is 0 Å². The first-order valence-electron chi connectivity index (χ1n) is 9.03. The number of carbonyl (C=O) groups is 1. The van der Waals surface area contributed by atoms with Crippen molar-refractivity contribution in [3.8, 4) is 0 Å². The zero-order valence-corrected chi connectivity index (χ0v) is 15.2. The van der Waals surface area contributed by atoms with Crippen LogP contribution in [0.2, 0.25) is 0 Å². The lowest BCUT2D eigenvalue weighted by Gasteiger charge is -2.40. The van der Waals surface area contributed by atoms with Crippen LogP contribution in [0.5, 0.6) is 0 Å². The average Bonchev–Trinajstić information content (AvgIpc) is 3.30. The van der Waals surface area contributed by atoms with Crippen LogP contribution in [0.15, 0.2) is 35.2 Å². The van der Waals surface area contributed by atoms with Crippen LogP contribution in [-0.4, -0.2) is 64.6 Å². The van der Waals surface area contributed by atoms with Gasteiger partial charge in [0.25, 0.3) is 5.91 Å². The van der Waals surface area contributed by atoms with Gasteiger partial charge in [-0.15, -0.1) is 0 Å². The third-order valence-electron chi connectivity index (χ3n) is 5.46. The highest BCUT2D eigenvalue weighted by Crippen LogP contribution is 2.34. The molecule has 4 rings (SSSR count). The van der Waals surface area contributed by atoms with Gasteiger partial charge in [-0.05, 0) is 25.5 Å². The largest absolute Gasteiger partial charge is 0.468 e. The highest BCUT2D eigenvalue weighted by atomic mass is 16.5. The number of carbonyl (C=O) groups excluding carboxylic acids is 1. The molecule has 0 bridgehead atoms. The van der Waals surface area contributed by atoms with Crippen molar-refractivity contribution in [3.05, 3.63) is 47.9 Å². The fraction of sp³-hybridized carbons (Fsp3) is 0.526. The van der Waals surface area contributed by atoms with E-state index in [1.54, 1.807) is 25.8 Å². The minimum atomic E-state index is -0.0399. The van der Waals surface area contributed by atoms with E-state index in [4.69, 9.17) is 9.15 Å². The van der Waals surface area contributed by atoms with Crippen molar-refractivity contribution < 1.29 is 13.9 Å². The normalized spacial score (nSPS) is 26.1. The van der Waals surface area contributed by atoms with Gasteiger partial charge < -0.3 is 14.1 Å². The summed E-state index contributed by atoms with van der Waals surface area (Å²) in [5, 5.41) is 0. The van der Waals surface area contributed by atoms with Crippen LogP contribution < -0.4 is 0 Å². The van der Waals surface area contributed by atoms with Crippen LogP contribution >= 0.6 is 0 Å². The second-order valence-electron chi connectivity index (χ2n) is 7.11. The second kappa shape index (κ2) is 7.17. The van der Waals surface area contributed by atoms with Gasteiger partial charge in [0.1, 0.15) is 11.5 Å². The monoisotopic (exact) mass is 356 g/mol. The van der Waals surface area contributed by atoms with Gasteiger partial charge in [0.2, 0.25) is 0 Å². The predicted molar refractivity (Wildman–Crippen MR) is 94.5 cm³/mol. The molecule has 2 fully saturated rings. The van der Waals surface area contributed by atoms with Crippen molar-refractivity contribution in [2.45, 2.75) is 32.0 Å². The number of ether oxygens (including phenoxy) is 1. The minimum absolute atomic E-state index is 0.0399. The van der Waals surface area contributed by atoms with Crippen molar-refractivity contribution in [2.24, 2.45) is 5.92 Å². The summed E-state index contributed by atoms with van der Waals surface area (Å²) in [6, 6.07) is 4.02.